The van der Waals surface area contributed by atoms with Crippen LogP contribution in [0.4, 0.5) is 0 Å². The maximum atomic E-state index is 13.5. The van der Waals surface area contributed by atoms with E-state index in [-0.39, 0.29) is 23.3 Å². The summed E-state index contributed by atoms with van der Waals surface area (Å²) in [7, 11) is 0. The number of para-hydroxylation sites is 1. The number of hydrogen-bond donors (Lipinski definition) is 0. The Morgan fingerprint density at radius 2 is 1.67 bits per heavy atom. The highest BCUT2D eigenvalue weighted by molar-refractivity contribution is 7.99. The number of benzene rings is 3. The number of fused-ring (bicyclic) bond motifs is 2. The molecule has 1 aromatic heterocycles. The second-order valence-corrected chi connectivity index (χ2v) is 9.24. The molecule has 0 aliphatic carbocycles. The van der Waals surface area contributed by atoms with E-state index in [1.165, 1.54) is 22.9 Å². The molecule has 166 valence electrons. The number of carbonyl (C=O) groups excluding carboxylic acids is 1. The van der Waals surface area contributed by atoms with Crippen molar-refractivity contribution in [3.8, 4) is 0 Å². The third-order valence-electron chi connectivity index (χ3n) is 6.25. The lowest BCUT2D eigenvalue weighted by molar-refractivity contribution is -0.129. The van der Waals surface area contributed by atoms with Crippen LogP contribution in [-0.4, -0.2) is 32.7 Å². The van der Waals surface area contributed by atoms with Crippen LogP contribution in [0, 0.1) is 0 Å². The van der Waals surface area contributed by atoms with E-state index < -0.39 is 0 Å². The molecule has 1 aliphatic rings. The van der Waals surface area contributed by atoms with E-state index in [9.17, 15) is 9.59 Å². The molecular formula is C27H25N3O2S. The van der Waals surface area contributed by atoms with Gasteiger partial charge in [-0.1, -0.05) is 78.5 Å². The second-order valence-electron chi connectivity index (χ2n) is 8.30. The Morgan fingerprint density at radius 3 is 2.48 bits per heavy atom. The number of rotatable bonds is 5. The van der Waals surface area contributed by atoms with Crippen LogP contribution in [0.15, 0.2) is 88.8 Å². The minimum Gasteiger partial charge on any atom is -0.337 e. The van der Waals surface area contributed by atoms with Crippen molar-refractivity contribution in [3.05, 3.63) is 106 Å². The standard InChI is InChI=1S/C27H25N3O2S/c1-19(20-9-3-2-4-10-20)30-26(32)23-13-7-8-14-24(23)28-27(30)33-18-25(31)29-16-15-21-11-5-6-12-22(21)17-29/h2-14,19H,15-18H2,1H3/t19-/m0/s1. The van der Waals surface area contributed by atoms with Crippen molar-refractivity contribution < 1.29 is 4.79 Å². The molecule has 4 aromatic rings. The Balaban J connectivity index is 1.44. The van der Waals surface area contributed by atoms with Crippen LogP contribution >= 0.6 is 11.8 Å². The van der Waals surface area contributed by atoms with Gasteiger partial charge in [0.1, 0.15) is 0 Å². The van der Waals surface area contributed by atoms with E-state index >= 15 is 0 Å². The van der Waals surface area contributed by atoms with Crippen molar-refractivity contribution in [1.29, 1.82) is 0 Å². The Hall–Kier alpha value is -3.38. The second kappa shape index (κ2) is 9.24. The van der Waals surface area contributed by atoms with Gasteiger partial charge in [-0.2, -0.15) is 0 Å². The molecule has 1 aliphatic heterocycles. The fraction of sp³-hybridized carbons (Fsp3) is 0.222. The summed E-state index contributed by atoms with van der Waals surface area (Å²) in [6.45, 7) is 3.35. The number of carbonyl (C=O) groups is 1. The summed E-state index contributed by atoms with van der Waals surface area (Å²) >= 11 is 1.34. The summed E-state index contributed by atoms with van der Waals surface area (Å²) < 4.78 is 1.72. The first kappa shape index (κ1) is 21.5. The first-order valence-electron chi connectivity index (χ1n) is 11.2. The normalized spacial score (nSPS) is 14.2. The van der Waals surface area contributed by atoms with Gasteiger partial charge in [-0.25, -0.2) is 4.98 Å². The van der Waals surface area contributed by atoms with Gasteiger partial charge in [0.05, 0.1) is 22.7 Å². The van der Waals surface area contributed by atoms with E-state index in [0.29, 0.717) is 22.6 Å². The zero-order valence-corrected chi connectivity index (χ0v) is 19.3. The molecule has 0 saturated heterocycles. The van der Waals surface area contributed by atoms with Crippen molar-refractivity contribution in [2.75, 3.05) is 12.3 Å². The summed E-state index contributed by atoms with van der Waals surface area (Å²) in [5, 5.41) is 1.16. The molecule has 0 N–H and O–H groups in total. The summed E-state index contributed by atoms with van der Waals surface area (Å²) in [6, 6.07) is 25.4. The molecule has 3 aromatic carbocycles. The lowest BCUT2D eigenvalue weighted by Crippen LogP contribution is -2.37. The van der Waals surface area contributed by atoms with Crippen LogP contribution in [0.5, 0.6) is 0 Å². The molecule has 1 amide bonds. The number of hydrogen-bond acceptors (Lipinski definition) is 4. The number of thioether (sulfide) groups is 1. The van der Waals surface area contributed by atoms with Crippen LogP contribution < -0.4 is 5.56 Å². The van der Waals surface area contributed by atoms with Crippen LogP contribution in [0.25, 0.3) is 10.9 Å². The van der Waals surface area contributed by atoms with Crippen molar-refractivity contribution in [3.63, 3.8) is 0 Å². The van der Waals surface area contributed by atoms with Crippen LogP contribution in [-0.2, 0) is 17.8 Å². The topological polar surface area (TPSA) is 55.2 Å². The quantitative estimate of drug-likeness (QED) is 0.324. The van der Waals surface area contributed by atoms with Crippen molar-refractivity contribution in [2.24, 2.45) is 0 Å². The third kappa shape index (κ3) is 4.31. The van der Waals surface area contributed by atoms with E-state index in [1.807, 2.05) is 78.6 Å². The summed E-state index contributed by atoms with van der Waals surface area (Å²) in [6.07, 6.45) is 0.872. The fourth-order valence-electron chi connectivity index (χ4n) is 4.38. The lowest BCUT2D eigenvalue weighted by Gasteiger charge is -2.29. The molecule has 5 nitrogen and oxygen atoms in total. The highest BCUT2D eigenvalue weighted by atomic mass is 32.2. The Morgan fingerprint density at radius 1 is 0.970 bits per heavy atom. The van der Waals surface area contributed by atoms with Gasteiger partial charge < -0.3 is 4.90 Å². The molecule has 0 unspecified atom stereocenters. The van der Waals surface area contributed by atoms with Gasteiger partial charge in [-0.05, 0) is 42.2 Å². The molecule has 6 heteroatoms. The van der Waals surface area contributed by atoms with E-state index in [2.05, 4.69) is 12.1 Å². The van der Waals surface area contributed by atoms with Crippen molar-refractivity contribution >= 4 is 28.6 Å². The average molecular weight is 456 g/mol. The summed E-state index contributed by atoms with van der Waals surface area (Å²) in [5.41, 5.74) is 4.12. The van der Waals surface area contributed by atoms with E-state index in [0.717, 1.165) is 18.5 Å². The average Bonchev–Trinajstić information content (AvgIpc) is 2.87. The van der Waals surface area contributed by atoms with Gasteiger partial charge >= 0.3 is 0 Å². The largest absolute Gasteiger partial charge is 0.337 e. The van der Waals surface area contributed by atoms with Gasteiger partial charge in [0.2, 0.25) is 5.91 Å². The van der Waals surface area contributed by atoms with Crippen LogP contribution in [0.3, 0.4) is 0 Å². The van der Waals surface area contributed by atoms with Gasteiger partial charge in [-0.3, -0.25) is 14.2 Å². The molecule has 1 atom stereocenters. The van der Waals surface area contributed by atoms with Crippen LogP contribution in [0.2, 0.25) is 0 Å². The van der Waals surface area contributed by atoms with Crippen LogP contribution in [0.1, 0.15) is 29.7 Å². The zero-order valence-electron chi connectivity index (χ0n) is 18.5. The summed E-state index contributed by atoms with van der Waals surface area (Å²) in [4.78, 5) is 33.2. The van der Waals surface area contributed by atoms with Crippen molar-refractivity contribution in [1.82, 2.24) is 14.5 Å². The zero-order chi connectivity index (χ0) is 22.8. The molecule has 5 rings (SSSR count). The molecule has 33 heavy (non-hydrogen) atoms. The first-order valence-corrected chi connectivity index (χ1v) is 12.1. The fourth-order valence-corrected chi connectivity index (χ4v) is 5.35. The number of amides is 1. The van der Waals surface area contributed by atoms with Gasteiger partial charge in [0.15, 0.2) is 5.16 Å². The monoisotopic (exact) mass is 455 g/mol. The minimum atomic E-state index is -0.199. The van der Waals surface area contributed by atoms with Crippen molar-refractivity contribution in [2.45, 2.75) is 31.1 Å². The lowest BCUT2D eigenvalue weighted by atomic mass is 10.00. The molecule has 0 fully saturated rings. The third-order valence-corrected chi connectivity index (χ3v) is 7.19. The van der Waals surface area contributed by atoms with Gasteiger partial charge in [-0.15, -0.1) is 0 Å². The highest BCUT2D eigenvalue weighted by Crippen LogP contribution is 2.26. The Kier molecular flexibility index (Phi) is 6.01. The molecule has 2 heterocycles. The molecule has 0 bridgehead atoms. The number of aromatic nitrogens is 2. The predicted octanol–water partition coefficient (Wildman–Crippen LogP) is 4.68. The van der Waals surface area contributed by atoms with Gasteiger partial charge in [0, 0.05) is 13.1 Å². The first-order chi connectivity index (χ1) is 16.1. The van der Waals surface area contributed by atoms with E-state index in [1.54, 1.807) is 4.57 Å². The highest BCUT2D eigenvalue weighted by Gasteiger charge is 2.23. The smallest absolute Gasteiger partial charge is 0.262 e. The number of nitrogens with zero attached hydrogens (tertiary/aromatic N) is 3. The molecule has 0 saturated carbocycles. The minimum absolute atomic E-state index is 0.0656. The molecule has 0 radical (unpaired) electrons. The molecule has 0 spiro atoms. The maximum absolute atomic E-state index is 13.5. The Labute approximate surface area is 197 Å². The summed E-state index contributed by atoms with van der Waals surface area (Å²) in [5.74, 6) is 0.310. The van der Waals surface area contributed by atoms with Gasteiger partial charge in [0.25, 0.3) is 5.56 Å². The maximum Gasteiger partial charge on any atom is 0.262 e. The predicted molar refractivity (Wildman–Crippen MR) is 133 cm³/mol. The SMILES string of the molecule is C[C@@H](c1ccccc1)n1c(SCC(=O)N2CCc3ccccc3C2)nc2ccccc2c1=O. The Bertz CT molecular complexity index is 1370. The van der Waals surface area contributed by atoms with E-state index in [4.69, 9.17) is 4.98 Å². The molecular weight excluding hydrogens is 430 g/mol.